The van der Waals surface area contributed by atoms with Crippen molar-refractivity contribution in [2.75, 3.05) is 19.4 Å². The van der Waals surface area contributed by atoms with Crippen molar-refractivity contribution in [3.05, 3.63) is 41.0 Å². The minimum Gasteiger partial charge on any atom is -0.412 e. The van der Waals surface area contributed by atoms with E-state index in [1.807, 2.05) is 64.4 Å². The smallest absolute Gasteiger partial charge is 0.264 e. The third-order valence-electron chi connectivity index (χ3n) is 11.0. The number of aromatic nitrogens is 1. The second kappa shape index (κ2) is 16.4. The van der Waals surface area contributed by atoms with Crippen LogP contribution in [0, 0.1) is 24.2 Å². The number of aryl methyl sites for hydroxylation is 1. The Hall–Kier alpha value is -2.65. The highest BCUT2D eigenvalue weighted by molar-refractivity contribution is 7.85. The molecule has 1 aliphatic heterocycles. The summed E-state index contributed by atoms with van der Waals surface area (Å²) in [5, 5.41) is 6.20. The Morgan fingerprint density at radius 2 is 1.62 bits per heavy atom. The van der Waals surface area contributed by atoms with Crippen LogP contribution < -0.4 is 10.6 Å². The van der Waals surface area contributed by atoms with Crippen LogP contribution in [0.2, 0.25) is 18.1 Å². The van der Waals surface area contributed by atoms with Crippen molar-refractivity contribution in [1.29, 1.82) is 0 Å². The Balaban J connectivity index is 1.51. The minimum atomic E-state index is -3.53. The first-order valence-electron chi connectivity index (χ1n) is 18.4. The zero-order chi connectivity index (χ0) is 38.8. The van der Waals surface area contributed by atoms with Crippen LogP contribution in [-0.4, -0.2) is 81.9 Å². The van der Waals surface area contributed by atoms with Crippen LogP contribution in [0.3, 0.4) is 0 Å². The fourth-order valence-corrected chi connectivity index (χ4v) is 9.36. The van der Waals surface area contributed by atoms with Gasteiger partial charge in [-0.1, -0.05) is 65.8 Å². The summed E-state index contributed by atoms with van der Waals surface area (Å²) in [5.74, 6) is -0.988. The van der Waals surface area contributed by atoms with E-state index in [4.69, 9.17) is 8.61 Å². The monoisotopic (exact) mass is 776 g/mol. The topological polar surface area (TPSA) is 144 Å². The number of hydrogen-bond acceptors (Lipinski definition) is 9. The first-order valence-corrected chi connectivity index (χ1v) is 24.0. The standard InChI is InChI=1S/C38H60N4O7S2Si/c1-24(27-16-18-28(19-17-27)32-25(2)39-23-50-32)40-35(44)31-20-30(49-52(10,11)38(6,7)8)21-42(31)36(45)33(37(3,4)5)41-34(43)29-14-12-26(13-15-29)22-48-51(9,46)47/h16-19,23-24,26,29-31,33H,12-15,20-22H2,1-11H3,(H,40,44)(H,41,43)/t24-,26?,29?,30+,31-,33+/m0/s1. The zero-order valence-corrected chi connectivity index (χ0v) is 35.5. The number of carbonyl (C=O) groups excluding carboxylic acids is 3. The average molecular weight is 777 g/mol. The second-order valence-corrected chi connectivity index (χ2v) is 24.6. The highest BCUT2D eigenvalue weighted by atomic mass is 32.2. The van der Waals surface area contributed by atoms with E-state index in [-0.39, 0.29) is 59.9 Å². The number of carbonyl (C=O) groups is 3. The molecular weight excluding hydrogens is 717 g/mol. The van der Waals surface area contributed by atoms with Gasteiger partial charge in [-0.3, -0.25) is 18.6 Å². The van der Waals surface area contributed by atoms with Gasteiger partial charge in [0.1, 0.15) is 12.1 Å². The summed E-state index contributed by atoms with van der Waals surface area (Å²) in [6.45, 7) is 20.9. The van der Waals surface area contributed by atoms with Crippen LogP contribution in [0.5, 0.6) is 0 Å². The lowest BCUT2D eigenvalue weighted by molar-refractivity contribution is -0.144. The molecule has 3 amide bonds. The molecule has 2 N–H and O–H groups in total. The van der Waals surface area contributed by atoms with Gasteiger partial charge in [-0.25, -0.2) is 4.98 Å². The van der Waals surface area contributed by atoms with Gasteiger partial charge in [0.2, 0.25) is 17.7 Å². The number of likely N-dealkylation sites (tertiary alicyclic amines) is 1. The van der Waals surface area contributed by atoms with Gasteiger partial charge in [-0.05, 0) is 80.1 Å². The molecule has 290 valence electrons. The molecule has 0 spiro atoms. The van der Waals surface area contributed by atoms with Gasteiger partial charge in [-0.15, -0.1) is 11.3 Å². The molecule has 2 heterocycles. The molecule has 4 rings (SSSR count). The molecular formula is C38H60N4O7S2Si. The number of hydrogen-bond donors (Lipinski definition) is 2. The number of nitrogens with one attached hydrogen (secondary N) is 2. The van der Waals surface area contributed by atoms with Gasteiger partial charge in [0.25, 0.3) is 10.1 Å². The molecule has 14 heteroatoms. The molecule has 1 saturated heterocycles. The molecule has 2 aliphatic rings. The van der Waals surface area contributed by atoms with Crippen LogP contribution >= 0.6 is 11.3 Å². The number of rotatable bonds is 12. The summed E-state index contributed by atoms with van der Waals surface area (Å²) in [6, 6.07) is 6.16. The fourth-order valence-electron chi connectivity index (χ4n) is 6.75. The number of nitrogens with zero attached hydrogens (tertiary/aromatic N) is 2. The SMILES string of the molecule is Cc1ncsc1-c1ccc([C@H](C)NC(=O)[C@@H]2C[C@@H](O[Si](C)(C)C(C)(C)C)CN2C(=O)[C@@H](NC(=O)C2CCC(COS(C)(=O)=O)CC2)C(C)(C)C)cc1. The van der Waals surface area contributed by atoms with Crippen LogP contribution in [0.1, 0.15) is 97.9 Å². The molecule has 4 atom stereocenters. The summed E-state index contributed by atoms with van der Waals surface area (Å²) < 4.78 is 34.7. The number of amides is 3. The van der Waals surface area contributed by atoms with Crippen molar-refractivity contribution < 1.29 is 31.4 Å². The van der Waals surface area contributed by atoms with Gasteiger partial charge in [0.05, 0.1) is 41.1 Å². The summed E-state index contributed by atoms with van der Waals surface area (Å²) in [4.78, 5) is 49.5. The van der Waals surface area contributed by atoms with E-state index >= 15 is 0 Å². The maximum Gasteiger partial charge on any atom is 0.264 e. The molecule has 1 aliphatic carbocycles. The van der Waals surface area contributed by atoms with E-state index in [9.17, 15) is 22.8 Å². The molecule has 0 radical (unpaired) electrons. The van der Waals surface area contributed by atoms with E-state index in [1.54, 1.807) is 16.2 Å². The lowest BCUT2D eigenvalue weighted by Gasteiger charge is -2.38. The van der Waals surface area contributed by atoms with E-state index in [2.05, 4.69) is 49.5 Å². The zero-order valence-electron chi connectivity index (χ0n) is 32.9. The van der Waals surface area contributed by atoms with Gasteiger partial charge >= 0.3 is 0 Å². The predicted octanol–water partition coefficient (Wildman–Crippen LogP) is 6.60. The lowest BCUT2D eigenvalue weighted by atomic mass is 9.80. The Kier molecular flexibility index (Phi) is 13.3. The molecule has 1 aromatic carbocycles. The van der Waals surface area contributed by atoms with Crippen molar-refractivity contribution in [3.63, 3.8) is 0 Å². The van der Waals surface area contributed by atoms with E-state index in [1.165, 1.54) is 0 Å². The first kappa shape index (κ1) is 42.1. The van der Waals surface area contributed by atoms with E-state index in [0.29, 0.717) is 32.1 Å². The van der Waals surface area contributed by atoms with Crippen LogP contribution in [-0.2, 0) is 33.1 Å². The highest BCUT2D eigenvalue weighted by Gasteiger charge is 2.48. The maximum absolute atomic E-state index is 14.6. The third-order valence-corrected chi connectivity index (χ3v) is 17.1. The largest absolute Gasteiger partial charge is 0.412 e. The quantitative estimate of drug-likeness (QED) is 0.181. The molecule has 0 unspecified atom stereocenters. The van der Waals surface area contributed by atoms with Gasteiger partial charge in [-0.2, -0.15) is 8.42 Å². The third kappa shape index (κ3) is 10.7. The van der Waals surface area contributed by atoms with Crippen molar-refractivity contribution in [1.82, 2.24) is 20.5 Å². The first-order chi connectivity index (χ1) is 24.0. The summed E-state index contributed by atoms with van der Waals surface area (Å²) in [5.41, 5.74) is 4.19. The van der Waals surface area contributed by atoms with Gasteiger partial charge in [0.15, 0.2) is 8.32 Å². The Morgan fingerprint density at radius 1 is 1.00 bits per heavy atom. The van der Waals surface area contributed by atoms with Gasteiger partial charge < -0.3 is 20.0 Å². The molecule has 52 heavy (non-hydrogen) atoms. The van der Waals surface area contributed by atoms with Gasteiger partial charge in [0, 0.05) is 18.9 Å². The molecule has 2 aromatic rings. The fraction of sp³-hybridized carbons (Fsp3) is 0.684. The summed E-state index contributed by atoms with van der Waals surface area (Å²) in [6.07, 6.45) is 3.56. The van der Waals surface area contributed by atoms with Crippen LogP contribution in [0.15, 0.2) is 29.8 Å². The van der Waals surface area contributed by atoms with E-state index < -0.39 is 35.9 Å². The Bertz CT molecular complexity index is 1670. The molecule has 1 saturated carbocycles. The van der Waals surface area contributed by atoms with E-state index in [0.717, 1.165) is 28.0 Å². The molecule has 2 fully saturated rings. The Morgan fingerprint density at radius 3 is 2.13 bits per heavy atom. The van der Waals surface area contributed by atoms with Crippen molar-refractivity contribution >= 4 is 47.5 Å². The normalized spacial score (nSPS) is 22.9. The second-order valence-electron chi connectivity index (χ2n) is 17.4. The van der Waals surface area contributed by atoms with Crippen LogP contribution in [0.4, 0.5) is 0 Å². The molecule has 1 aromatic heterocycles. The Labute approximate surface area is 316 Å². The number of thiazole rings is 1. The van der Waals surface area contributed by atoms with Crippen LogP contribution in [0.25, 0.3) is 10.4 Å². The minimum absolute atomic E-state index is 0.0571. The molecule has 11 nitrogen and oxygen atoms in total. The number of benzene rings is 1. The maximum atomic E-state index is 14.6. The van der Waals surface area contributed by atoms with Crippen molar-refractivity contribution in [2.24, 2.45) is 17.3 Å². The summed E-state index contributed by atoms with van der Waals surface area (Å²) in [7, 11) is -5.76. The lowest BCUT2D eigenvalue weighted by Crippen LogP contribution is -2.58. The molecule has 0 bridgehead atoms. The summed E-state index contributed by atoms with van der Waals surface area (Å²) >= 11 is 1.59. The van der Waals surface area contributed by atoms with Crippen molar-refractivity contribution in [2.45, 2.75) is 130 Å². The van der Waals surface area contributed by atoms with Crippen molar-refractivity contribution in [3.8, 4) is 10.4 Å². The average Bonchev–Trinajstić information content (AvgIpc) is 3.67. The highest BCUT2D eigenvalue weighted by Crippen LogP contribution is 2.40. The predicted molar refractivity (Wildman–Crippen MR) is 209 cm³/mol.